The van der Waals surface area contributed by atoms with Crippen molar-refractivity contribution in [2.24, 2.45) is 0 Å². The van der Waals surface area contributed by atoms with Crippen molar-refractivity contribution in [1.29, 1.82) is 0 Å². The van der Waals surface area contributed by atoms with Crippen LogP contribution in [0, 0.1) is 0 Å². The third kappa shape index (κ3) is 2.06. The molecule has 1 saturated heterocycles. The average molecular weight is 209 g/mol. The van der Waals surface area contributed by atoms with E-state index in [9.17, 15) is 10.2 Å². The van der Waals surface area contributed by atoms with Crippen molar-refractivity contribution in [3.05, 3.63) is 23.8 Å². The van der Waals surface area contributed by atoms with Crippen molar-refractivity contribution >= 4 is 0 Å². The van der Waals surface area contributed by atoms with Crippen LogP contribution in [-0.2, 0) is 6.42 Å². The molecule has 0 saturated carbocycles. The second-order valence-corrected chi connectivity index (χ2v) is 4.00. The van der Waals surface area contributed by atoms with Crippen molar-refractivity contribution in [1.82, 2.24) is 5.32 Å². The quantitative estimate of drug-likeness (QED) is 0.669. The van der Waals surface area contributed by atoms with Crippen molar-refractivity contribution in [2.45, 2.75) is 12.0 Å². The minimum absolute atomic E-state index is 0.176. The van der Waals surface area contributed by atoms with Crippen LogP contribution in [0.2, 0.25) is 0 Å². The van der Waals surface area contributed by atoms with Gasteiger partial charge >= 0.3 is 0 Å². The summed E-state index contributed by atoms with van der Waals surface area (Å²) in [6.45, 7) is 1.16. The maximum atomic E-state index is 9.91. The number of hydrogen-bond acceptors (Lipinski definition) is 4. The Hall–Kier alpha value is -1.26. The molecule has 0 bridgehead atoms. The number of ether oxygens (including phenoxy) is 1. The number of rotatable bonds is 3. The number of benzene rings is 1. The van der Waals surface area contributed by atoms with E-state index in [-0.39, 0.29) is 5.75 Å². The Labute approximate surface area is 88.5 Å². The van der Waals surface area contributed by atoms with Gasteiger partial charge in [-0.15, -0.1) is 0 Å². The molecule has 1 aliphatic rings. The highest BCUT2D eigenvalue weighted by Crippen LogP contribution is 2.27. The molecular weight excluding hydrogens is 194 g/mol. The highest BCUT2D eigenvalue weighted by molar-refractivity contribution is 5.40. The Morgan fingerprint density at radius 2 is 2.20 bits per heavy atom. The van der Waals surface area contributed by atoms with Crippen LogP contribution in [0.4, 0.5) is 0 Å². The Morgan fingerprint density at radius 3 is 2.67 bits per heavy atom. The topological polar surface area (TPSA) is 61.7 Å². The zero-order valence-corrected chi connectivity index (χ0v) is 8.66. The number of hydrogen-bond donors (Lipinski definition) is 3. The molecule has 0 radical (unpaired) electrons. The minimum Gasteiger partial charge on any atom is -0.508 e. The third-order valence-corrected chi connectivity index (χ3v) is 2.72. The van der Waals surface area contributed by atoms with E-state index in [4.69, 9.17) is 4.74 Å². The van der Waals surface area contributed by atoms with Crippen LogP contribution in [0.1, 0.15) is 5.56 Å². The first-order valence-electron chi connectivity index (χ1n) is 4.92. The molecule has 0 aliphatic carbocycles. The molecule has 1 heterocycles. The van der Waals surface area contributed by atoms with Crippen LogP contribution in [0.3, 0.4) is 0 Å². The summed E-state index contributed by atoms with van der Waals surface area (Å²) < 4.78 is 4.99. The Morgan fingerprint density at radius 1 is 1.47 bits per heavy atom. The van der Waals surface area contributed by atoms with E-state index >= 15 is 0 Å². The molecule has 4 heteroatoms. The lowest BCUT2D eigenvalue weighted by molar-refractivity contribution is -0.00945. The number of phenols is 1. The number of methoxy groups -OCH3 is 1. The van der Waals surface area contributed by atoms with Crippen LogP contribution in [0.25, 0.3) is 0 Å². The summed E-state index contributed by atoms with van der Waals surface area (Å²) in [4.78, 5) is 0. The molecule has 0 spiro atoms. The molecule has 4 nitrogen and oxygen atoms in total. The molecule has 15 heavy (non-hydrogen) atoms. The SMILES string of the molecule is COc1ccc(CC2(O)CNC2)c(O)c1. The number of phenolic OH excluding ortho intramolecular Hbond substituents is 1. The van der Waals surface area contributed by atoms with Gasteiger partial charge in [-0.3, -0.25) is 0 Å². The second kappa shape index (κ2) is 3.72. The average Bonchev–Trinajstić information content (AvgIpc) is 2.18. The van der Waals surface area contributed by atoms with Gasteiger partial charge in [-0.25, -0.2) is 0 Å². The van der Waals surface area contributed by atoms with E-state index in [2.05, 4.69) is 5.32 Å². The monoisotopic (exact) mass is 209 g/mol. The lowest BCUT2D eigenvalue weighted by Crippen LogP contribution is -2.60. The van der Waals surface area contributed by atoms with Crippen LogP contribution in [0.15, 0.2) is 18.2 Å². The van der Waals surface area contributed by atoms with E-state index in [1.54, 1.807) is 25.3 Å². The fraction of sp³-hybridized carbons (Fsp3) is 0.455. The smallest absolute Gasteiger partial charge is 0.122 e. The zero-order valence-electron chi connectivity index (χ0n) is 8.66. The fourth-order valence-corrected chi connectivity index (χ4v) is 1.71. The van der Waals surface area contributed by atoms with Gasteiger partial charge in [0.05, 0.1) is 12.7 Å². The summed E-state index contributed by atoms with van der Waals surface area (Å²) in [6, 6.07) is 5.12. The van der Waals surface area contributed by atoms with Crippen LogP contribution < -0.4 is 10.1 Å². The third-order valence-electron chi connectivity index (χ3n) is 2.72. The molecule has 1 aromatic rings. The van der Waals surface area contributed by atoms with Gasteiger partial charge in [0.2, 0.25) is 0 Å². The van der Waals surface area contributed by atoms with E-state index in [1.165, 1.54) is 0 Å². The number of aromatic hydroxyl groups is 1. The van der Waals surface area contributed by atoms with Crippen LogP contribution in [0.5, 0.6) is 11.5 Å². The van der Waals surface area contributed by atoms with Gasteiger partial charge in [-0.1, -0.05) is 6.07 Å². The molecule has 1 fully saturated rings. The Balaban J connectivity index is 2.14. The number of β-amino-alcohol motifs (C(OH)–C–C–N with tert-alkyl or cyclic N) is 1. The zero-order chi connectivity index (χ0) is 10.9. The molecule has 82 valence electrons. The second-order valence-electron chi connectivity index (χ2n) is 4.00. The lowest BCUT2D eigenvalue weighted by atomic mass is 9.89. The normalized spacial score (nSPS) is 18.3. The molecule has 1 aliphatic heterocycles. The van der Waals surface area contributed by atoms with Gasteiger partial charge < -0.3 is 20.3 Å². The number of aliphatic hydroxyl groups is 1. The first-order chi connectivity index (χ1) is 7.13. The minimum atomic E-state index is -0.702. The van der Waals surface area contributed by atoms with Gasteiger partial charge in [0.15, 0.2) is 0 Å². The molecule has 0 unspecified atom stereocenters. The van der Waals surface area contributed by atoms with Crippen LogP contribution in [-0.4, -0.2) is 36.0 Å². The van der Waals surface area contributed by atoms with Gasteiger partial charge in [-0.05, 0) is 11.6 Å². The molecule has 1 aromatic carbocycles. The largest absolute Gasteiger partial charge is 0.508 e. The molecule has 0 atom stereocenters. The van der Waals surface area contributed by atoms with Gasteiger partial charge in [-0.2, -0.15) is 0 Å². The summed E-state index contributed by atoms with van der Waals surface area (Å²) in [5.41, 5.74) is 0.0475. The van der Waals surface area contributed by atoms with E-state index in [0.29, 0.717) is 25.3 Å². The van der Waals surface area contributed by atoms with Gasteiger partial charge in [0, 0.05) is 25.6 Å². The lowest BCUT2D eigenvalue weighted by Gasteiger charge is -2.37. The fourth-order valence-electron chi connectivity index (χ4n) is 1.71. The first-order valence-corrected chi connectivity index (χ1v) is 4.92. The van der Waals surface area contributed by atoms with Gasteiger partial charge in [0.25, 0.3) is 0 Å². The highest BCUT2D eigenvalue weighted by atomic mass is 16.5. The van der Waals surface area contributed by atoms with Gasteiger partial charge in [0.1, 0.15) is 11.5 Å². The maximum Gasteiger partial charge on any atom is 0.122 e. The Bertz CT molecular complexity index is 361. The summed E-state index contributed by atoms with van der Waals surface area (Å²) in [7, 11) is 1.55. The summed E-state index contributed by atoms with van der Waals surface area (Å²) in [5, 5.41) is 22.6. The Kier molecular flexibility index (Phi) is 2.54. The van der Waals surface area contributed by atoms with E-state index in [1.807, 2.05) is 0 Å². The summed E-state index contributed by atoms with van der Waals surface area (Å²) in [6.07, 6.45) is 0.468. The molecular formula is C11H15NO3. The van der Waals surface area contributed by atoms with E-state index in [0.717, 1.165) is 5.56 Å². The van der Waals surface area contributed by atoms with Crippen molar-refractivity contribution in [3.63, 3.8) is 0 Å². The summed E-state index contributed by atoms with van der Waals surface area (Å²) >= 11 is 0. The standard InChI is InChI=1S/C11H15NO3/c1-15-9-3-2-8(10(13)4-9)5-11(14)6-12-7-11/h2-4,12-14H,5-7H2,1H3. The van der Waals surface area contributed by atoms with Crippen molar-refractivity contribution in [3.8, 4) is 11.5 Å². The molecule has 0 amide bonds. The molecule has 0 aromatic heterocycles. The molecule has 2 rings (SSSR count). The summed E-state index contributed by atoms with van der Waals surface area (Å²) in [5.74, 6) is 0.796. The first kappa shape index (κ1) is 10.3. The number of nitrogens with one attached hydrogen (secondary N) is 1. The van der Waals surface area contributed by atoms with Crippen LogP contribution >= 0.6 is 0 Å². The predicted octanol–water partition coefficient (Wildman–Crippen LogP) is 0.278. The van der Waals surface area contributed by atoms with Crippen molar-refractivity contribution < 1.29 is 14.9 Å². The van der Waals surface area contributed by atoms with Crippen molar-refractivity contribution in [2.75, 3.05) is 20.2 Å². The highest BCUT2D eigenvalue weighted by Gasteiger charge is 2.34. The maximum absolute atomic E-state index is 9.91. The molecule has 3 N–H and O–H groups in total. The predicted molar refractivity (Wildman–Crippen MR) is 56.2 cm³/mol. The van der Waals surface area contributed by atoms with E-state index < -0.39 is 5.60 Å².